The topological polar surface area (TPSA) is 43.1 Å². The average molecular weight is 263 g/mol. The zero-order chi connectivity index (χ0) is 12.7. The monoisotopic (exact) mass is 262 g/mol. The molecule has 2 aromatic heterocycles. The first-order chi connectivity index (χ1) is 8.68. The number of benzene rings is 1. The minimum atomic E-state index is -0.320. The summed E-state index contributed by atoms with van der Waals surface area (Å²) in [5.74, 6) is 0.0540. The highest BCUT2D eigenvalue weighted by atomic mass is 35.5. The van der Waals surface area contributed by atoms with Gasteiger partial charge in [0.1, 0.15) is 11.0 Å². The van der Waals surface area contributed by atoms with Crippen molar-refractivity contribution >= 4 is 17.2 Å². The molecule has 0 unspecified atom stereocenters. The van der Waals surface area contributed by atoms with Crippen LogP contribution in [0.4, 0.5) is 4.39 Å². The Morgan fingerprint density at radius 3 is 2.89 bits per heavy atom. The van der Waals surface area contributed by atoms with Crippen molar-refractivity contribution in [2.45, 2.75) is 6.92 Å². The van der Waals surface area contributed by atoms with Gasteiger partial charge in [-0.3, -0.25) is 9.38 Å². The molecule has 0 bridgehead atoms. The molecule has 6 heteroatoms. The van der Waals surface area contributed by atoms with Crippen molar-refractivity contribution in [2.24, 2.45) is 0 Å². The fourth-order valence-electron chi connectivity index (χ4n) is 1.81. The smallest absolute Gasteiger partial charge is 0.180 e. The third kappa shape index (κ3) is 1.55. The van der Waals surface area contributed by atoms with Crippen LogP contribution in [-0.4, -0.2) is 19.6 Å². The van der Waals surface area contributed by atoms with Gasteiger partial charge in [0, 0.05) is 0 Å². The van der Waals surface area contributed by atoms with Gasteiger partial charge in [-0.25, -0.2) is 4.39 Å². The van der Waals surface area contributed by atoms with E-state index in [9.17, 15) is 4.39 Å². The molecule has 0 aliphatic heterocycles. The van der Waals surface area contributed by atoms with Crippen molar-refractivity contribution in [2.75, 3.05) is 0 Å². The summed E-state index contributed by atoms with van der Waals surface area (Å²) in [6, 6.07) is 5.12. The Kier molecular flexibility index (Phi) is 2.48. The number of hydrogen-bond donors (Lipinski definition) is 0. The Morgan fingerprint density at radius 1 is 1.22 bits per heavy atom. The second-order valence-corrected chi connectivity index (χ2v) is 4.27. The molecule has 0 spiro atoms. The van der Waals surface area contributed by atoms with E-state index in [2.05, 4.69) is 15.2 Å². The summed E-state index contributed by atoms with van der Waals surface area (Å²) in [4.78, 5) is 3.91. The van der Waals surface area contributed by atoms with Crippen molar-refractivity contribution in [3.05, 3.63) is 47.1 Å². The van der Waals surface area contributed by atoms with Gasteiger partial charge in [-0.2, -0.15) is 0 Å². The molecule has 0 amide bonds. The molecular formula is C12H8ClFN4. The van der Waals surface area contributed by atoms with E-state index in [1.165, 1.54) is 12.4 Å². The molecule has 2 heterocycles. The average Bonchev–Trinajstić information content (AvgIpc) is 2.78. The molecule has 0 aliphatic carbocycles. The van der Waals surface area contributed by atoms with E-state index in [0.717, 1.165) is 0 Å². The highest BCUT2D eigenvalue weighted by Crippen LogP contribution is 2.25. The van der Waals surface area contributed by atoms with Crippen molar-refractivity contribution in [3.63, 3.8) is 0 Å². The first-order valence-corrected chi connectivity index (χ1v) is 5.66. The molecule has 0 N–H and O–H groups in total. The quantitative estimate of drug-likeness (QED) is 0.677. The van der Waals surface area contributed by atoms with Gasteiger partial charge in [-0.05, 0) is 18.6 Å². The van der Waals surface area contributed by atoms with Crippen LogP contribution in [0.5, 0.6) is 0 Å². The Bertz CT molecular complexity index is 738. The van der Waals surface area contributed by atoms with Gasteiger partial charge < -0.3 is 0 Å². The molecule has 0 fully saturated rings. The first-order valence-electron chi connectivity index (χ1n) is 5.28. The highest BCUT2D eigenvalue weighted by Gasteiger charge is 2.15. The SMILES string of the molecule is Cc1cccc(-c2nnc3cncc(Cl)n23)c1F. The van der Waals surface area contributed by atoms with Crippen LogP contribution in [0, 0.1) is 12.7 Å². The van der Waals surface area contributed by atoms with Gasteiger partial charge in [0.15, 0.2) is 11.5 Å². The van der Waals surface area contributed by atoms with Gasteiger partial charge in [0.2, 0.25) is 0 Å². The van der Waals surface area contributed by atoms with Gasteiger partial charge >= 0.3 is 0 Å². The maximum absolute atomic E-state index is 14.1. The second kappa shape index (κ2) is 4.03. The Balaban J connectivity index is 2.36. The lowest BCUT2D eigenvalue weighted by atomic mass is 10.1. The molecule has 3 aromatic rings. The fraction of sp³-hybridized carbons (Fsp3) is 0.0833. The molecule has 0 saturated heterocycles. The van der Waals surface area contributed by atoms with Crippen LogP contribution >= 0.6 is 11.6 Å². The zero-order valence-electron chi connectivity index (χ0n) is 9.43. The summed E-state index contributed by atoms with van der Waals surface area (Å²) in [5, 5.41) is 8.24. The highest BCUT2D eigenvalue weighted by molar-refractivity contribution is 6.29. The van der Waals surface area contributed by atoms with Gasteiger partial charge in [0.25, 0.3) is 0 Å². The molecule has 0 radical (unpaired) electrons. The van der Waals surface area contributed by atoms with E-state index in [1.54, 1.807) is 29.5 Å². The maximum Gasteiger partial charge on any atom is 0.180 e. The summed E-state index contributed by atoms with van der Waals surface area (Å²) < 4.78 is 15.6. The van der Waals surface area contributed by atoms with E-state index >= 15 is 0 Å². The minimum absolute atomic E-state index is 0.320. The summed E-state index contributed by atoms with van der Waals surface area (Å²) in [5.41, 5.74) is 1.41. The third-order valence-electron chi connectivity index (χ3n) is 2.71. The third-order valence-corrected chi connectivity index (χ3v) is 2.97. The summed E-state index contributed by atoms with van der Waals surface area (Å²) in [6.07, 6.45) is 2.99. The van der Waals surface area contributed by atoms with E-state index in [1.807, 2.05) is 0 Å². The van der Waals surface area contributed by atoms with Gasteiger partial charge in [0.05, 0.1) is 18.0 Å². The predicted molar refractivity (Wildman–Crippen MR) is 65.9 cm³/mol. The first kappa shape index (κ1) is 11.1. The number of fused-ring (bicyclic) bond motifs is 1. The predicted octanol–water partition coefficient (Wildman–Crippen LogP) is 2.89. The second-order valence-electron chi connectivity index (χ2n) is 3.88. The molecule has 90 valence electrons. The number of aromatic nitrogens is 4. The number of hydrogen-bond acceptors (Lipinski definition) is 3. The van der Waals surface area contributed by atoms with E-state index in [0.29, 0.717) is 27.8 Å². The molecule has 0 saturated carbocycles. The Labute approximate surface area is 107 Å². The molecule has 18 heavy (non-hydrogen) atoms. The van der Waals surface area contributed by atoms with Crippen molar-refractivity contribution < 1.29 is 4.39 Å². The molecule has 3 rings (SSSR count). The van der Waals surface area contributed by atoms with Gasteiger partial charge in [-0.15, -0.1) is 10.2 Å². The van der Waals surface area contributed by atoms with Crippen LogP contribution in [0.3, 0.4) is 0 Å². The number of halogens is 2. The van der Waals surface area contributed by atoms with Crippen LogP contribution in [0.15, 0.2) is 30.6 Å². The number of nitrogens with zero attached hydrogens (tertiary/aromatic N) is 4. The van der Waals surface area contributed by atoms with E-state index < -0.39 is 0 Å². The molecule has 1 aromatic carbocycles. The fourth-order valence-corrected chi connectivity index (χ4v) is 2.03. The lowest BCUT2D eigenvalue weighted by Crippen LogP contribution is -1.95. The maximum atomic E-state index is 14.1. The lowest BCUT2D eigenvalue weighted by molar-refractivity contribution is 0.620. The van der Waals surface area contributed by atoms with Crippen LogP contribution in [0.1, 0.15) is 5.56 Å². The van der Waals surface area contributed by atoms with Crippen molar-refractivity contribution in [1.82, 2.24) is 19.6 Å². The molecule has 4 nitrogen and oxygen atoms in total. The number of aryl methyl sites for hydroxylation is 1. The van der Waals surface area contributed by atoms with Crippen LogP contribution in [0.2, 0.25) is 5.15 Å². The minimum Gasteiger partial charge on any atom is -0.262 e. The molecule has 0 aliphatic rings. The van der Waals surface area contributed by atoms with Gasteiger partial charge in [-0.1, -0.05) is 23.7 Å². The largest absolute Gasteiger partial charge is 0.262 e. The van der Waals surface area contributed by atoms with Crippen LogP contribution in [0.25, 0.3) is 17.0 Å². The van der Waals surface area contributed by atoms with Crippen molar-refractivity contribution in [1.29, 1.82) is 0 Å². The van der Waals surface area contributed by atoms with Crippen LogP contribution < -0.4 is 0 Å². The zero-order valence-corrected chi connectivity index (χ0v) is 10.2. The Hall–Kier alpha value is -2.01. The number of rotatable bonds is 1. The summed E-state index contributed by atoms with van der Waals surface area (Å²) in [7, 11) is 0. The normalized spacial score (nSPS) is 11.1. The molecule has 0 atom stereocenters. The summed E-state index contributed by atoms with van der Waals surface area (Å²) in [6.45, 7) is 1.70. The van der Waals surface area contributed by atoms with E-state index in [-0.39, 0.29) is 5.82 Å². The summed E-state index contributed by atoms with van der Waals surface area (Å²) >= 11 is 6.04. The Morgan fingerprint density at radius 2 is 2.06 bits per heavy atom. The molecular weight excluding hydrogens is 255 g/mol. The standard InChI is InChI=1S/C12H8ClFN4/c1-7-3-2-4-8(11(7)14)12-17-16-10-6-15-5-9(13)18(10)12/h2-6H,1H3. The van der Waals surface area contributed by atoms with Crippen LogP contribution in [-0.2, 0) is 0 Å². The van der Waals surface area contributed by atoms with E-state index in [4.69, 9.17) is 11.6 Å². The lowest BCUT2D eigenvalue weighted by Gasteiger charge is -2.04. The van der Waals surface area contributed by atoms with Crippen molar-refractivity contribution in [3.8, 4) is 11.4 Å².